The minimum atomic E-state index is -0.854. The second kappa shape index (κ2) is 6.68. The van der Waals surface area contributed by atoms with E-state index in [-0.39, 0.29) is 6.04 Å². The van der Waals surface area contributed by atoms with Gasteiger partial charge in [-0.2, -0.15) is 0 Å². The molecule has 122 valence electrons. The number of pyridine rings is 1. The fourth-order valence-electron chi connectivity index (χ4n) is 3.07. The Kier molecular flexibility index (Phi) is 4.63. The van der Waals surface area contributed by atoms with Crippen molar-refractivity contribution in [3.63, 3.8) is 0 Å². The van der Waals surface area contributed by atoms with Crippen molar-refractivity contribution in [2.24, 2.45) is 0 Å². The number of thiophene rings is 1. The van der Waals surface area contributed by atoms with Crippen LogP contribution >= 0.6 is 11.3 Å². The summed E-state index contributed by atoms with van der Waals surface area (Å²) in [6.45, 7) is 3.68. The summed E-state index contributed by atoms with van der Waals surface area (Å²) in [7, 11) is 1.66. The molecule has 1 N–H and O–H groups in total. The summed E-state index contributed by atoms with van der Waals surface area (Å²) in [5.41, 5.74) is 1.91. The van der Waals surface area contributed by atoms with Gasteiger partial charge in [-0.1, -0.05) is 0 Å². The minimum Gasteiger partial charge on any atom is -0.495 e. The normalized spacial score (nSPS) is 18.3. The molecular weight excluding hydrogens is 312 g/mol. The Morgan fingerprint density at radius 1 is 1.43 bits per heavy atom. The van der Waals surface area contributed by atoms with Crippen LogP contribution in [0.5, 0.6) is 5.75 Å². The van der Waals surface area contributed by atoms with E-state index in [1.165, 1.54) is 11.3 Å². The highest BCUT2D eigenvalue weighted by Gasteiger charge is 2.28. The van der Waals surface area contributed by atoms with Crippen molar-refractivity contribution < 1.29 is 14.6 Å². The number of hydrogen-bond donors (Lipinski definition) is 1. The number of methoxy groups -OCH3 is 1. The fraction of sp³-hybridized carbons (Fsp3) is 0.412. The molecule has 0 saturated carbocycles. The molecule has 1 saturated heterocycles. The first-order valence-electron chi connectivity index (χ1n) is 7.66. The fourth-order valence-corrected chi connectivity index (χ4v) is 4.09. The molecule has 0 radical (unpaired) electrons. The highest BCUT2D eigenvalue weighted by molar-refractivity contribution is 7.14. The number of carbonyl (C=O) groups is 1. The number of likely N-dealkylation sites (tertiary alicyclic amines) is 1. The Bertz CT molecular complexity index is 714. The second-order valence-corrected chi connectivity index (χ2v) is 6.85. The first-order chi connectivity index (χ1) is 11.1. The lowest BCUT2D eigenvalue weighted by molar-refractivity contribution is 0.0702. The average Bonchev–Trinajstić information content (AvgIpc) is 3.16. The topological polar surface area (TPSA) is 62.7 Å². The summed E-state index contributed by atoms with van der Waals surface area (Å²) in [6.07, 6.45) is 2.16. The zero-order chi connectivity index (χ0) is 16.4. The molecule has 1 aliphatic heterocycles. The van der Waals surface area contributed by atoms with E-state index >= 15 is 0 Å². The summed E-state index contributed by atoms with van der Waals surface area (Å²) in [6, 6.07) is 7.81. The highest BCUT2D eigenvalue weighted by atomic mass is 32.1. The van der Waals surface area contributed by atoms with Gasteiger partial charge >= 0.3 is 5.97 Å². The van der Waals surface area contributed by atoms with E-state index in [4.69, 9.17) is 9.84 Å². The zero-order valence-corrected chi connectivity index (χ0v) is 14.1. The molecular formula is C17H20N2O3S. The van der Waals surface area contributed by atoms with Gasteiger partial charge in [0.05, 0.1) is 12.8 Å². The summed E-state index contributed by atoms with van der Waals surface area (Å²) in [4.78, 5) is 19.6. The van der Waals surface area contributed by atoms with Crippen LogP contribution in [-0.2, 0) is 6.54 Å². The number of hydrogen-bond acceptors (Lipinski definition) is 5. The molecule has 1 aliphatic rings. The van der Waals surface area contributed by atoms with Gasteiger partial charge in [0.1, 0.15) is 10.6 Å². The Morgan fingerprint density at radius 3 is 2.96 bits per heavy atom. The zero-order valence-electron chi connectivity index (χ0n) is 13.3. The number of aryl methyl sites for hydroxylation is 1. The molecule has 1 fully saturated rings. The quantitative estimate of drug-likeness (QED) is 0.908. The molecule has 1 unspecified atom stereocenters. The van der Waals surface area contributed by atoms with Gasteiger partial charge in [0.2, 0.25) is 0 Å². The summed E-state index contributed by atoms with van der Waals surface area (Å²) in [5, 5.41) is 9.11. The third kappa shape index (κ3) is 3.38. The monoisotopic (exact) mass is 332 g/mol. The third-order valence-corrected chi connectivity index (χ3v) is 5.35. The second-order valence-electron chi connectivity index (χ2n) is 5.74. The molecule has 0 amide bonds. The van der Waals surface area contributed by atoms with Gasteiger partial charge in [0.15, 0.2) is 0 Å². The molecule has 0 spiro atoms. The van der Waals surface area contributed by atoms with E-state index in [1.54, 1.807) is 13.2 Å². The van der Waals surface area contributed by atoms with Gasteiger partial charge < -0.3 is 9.84 Å². The van der Waals surface area contributed by atoms with Crippen LogP contribution in [0.2, 0.25) is 0 Å². The molecule has 3 rings (SSSR count). The van der Waals surface area contributed by atoms with E-state index in [1.807, 2.05) is 25.1 Å². The smallest absolute Gasteiger partial charge is 0.345 e. The highest BCUT2D eigenvalue weighted by Crippen LogP contribution is 2.37. The summed E-state index contributed by atoms with van der Waals surface area (Å²) in [5.74, 6) is -0.0496. The van der Waals surface area contributed by atoms with Crippen molar-refractivity contribution in [2.45, 2.75) is 32.4 Å². The number of carboxylic acid groups (broad SMARTS) is 1. The lowest BCUT2D eigenvalue weighted by Crippen LogP contribution is -2.23. The molecule has 6 heteroatoms. The van der Waals surface area contributed by atoms with E-state index in [2.05, 4.69) is 9.88 Å². The van der Waals surface area contributed by atoms with Crippen molar-refractivity contribution in [2.75, 3.05) is 13.7 Å². The van der Waals surface area contributed by atoms with Crippen molar-refractivity contribution >= 4 is 17.3 Å². The maximum absolute atomic E-state index is 11.1. The van der Waals surface area contributed by atoms with Crippen LogP contribution in [-0.4, -0.2) is 34.6 Å². The number of rotatable bonds is 5. The average molecular weight is 332 g/mol. The molecule has 23 heavy (non-hydrogen) atoms. The predicted octanol–water partition coefficient (Wildman–Crippen LogP) is 3.50. The van der Waals surface area contributed by atoms with Gasteiger partial charge in [-0.05, 0) is 50.6 Å². The number of carboxylic acids is 1. The van der Waals surface area contributed by atoms with Crippen LogP contribution in [0.15, 0.2) is 24.3 Å². The van der Waals surface area contributed by atoms with Crippen LogP contribution in [0.1, 0.15) is 44.8 Å². The maximum atomic E-state index is 11.1. The molecule has 1 atom stereocenters. The lowest BCUT2D eigenvalue weighted by atomic mass is 10.1. The molecule has 0 aromatic carbocycles. The number of aromatic nitrogens is 1. The largest absolute Gasteiger partial charge is 0.495 e. The summed E-state index contributed by atoms with van der Waals surface area (Å²) >= 11 is 1.37. The molecule has 0 bridgehead atoms. The standard InChI is InChI=1S/C17H20N2O3S/c1-11-5-6-14(22-2)12(18-11)10-19-9-3-4-13(19)15-7-8-16(23-15)17(20)21/h5-8,13H,3-4,9-10H2,1-2H3,(H,20,21). The SMILES string of the molecule is COc1ccc(C)nc1CN1CCCC1c1ccc(C(=O)O)s1. The van der Waals surface area contributed by atoms with Crippen molar-refractivity contribution in [3.8, 4) is 5.75 Å². The van der Waals surface area contributed by atoms with Crippen LogP contribution in [0.25, 0.3) is 0 Å². The minimum absolute atomic E-state index is 0.264. The van der Waals surface area contributed by atoms with Gasteiger partial charge in [-0.15, -0.1) is 11.3 Å². The van der Waals surface area contributed by atoms with Crippen molar-refractivity contribution in [1.82, 2.24) is 9.88 Å². The summed E-state index contributed by atoms with van der Waals surface area (Å²) < 4.78 is 5.42. The van der Waals surface area contributed by atoms with Gasteiger partial charge in [-0.3, -0.25) is 9.88 Å². The molecule has 2 aromatic rings. The lowest BCUT2D eigenvalue weighted by Gasteiger charge is -2.24. The van der Waals surface area contributed by atoms with E-state index in [0.717, 1.165) is 47.9 Å². The van der Waals surface area contributed by atoms with Gasteiger partial charge in [-0.25, -0.2) is 4.79 Å². The van der Waals surface area contributed by atoms with Crippen molar-refractivity contribution in [3.05, 3.63) is 45.4 Å². The van der Waals surface area contributed by atoms with E-state index in [0.29, 0.717) is 4.88 Å². The Balaban J connectivity index is 1.81. The predicted molar refractivity (Wildman–Crippen MR) is 89.2 cm³/mol. The first-order valence-corrected chi connectivity index (χ1v) is 8.47. The van der Waals surface area contributed by atoms with E-state index < -0.39 is 5.97 Å². The third-order valence-electron chi connectivity index (χ3n) is 4.17. The van der Waals surface area contributed by atoms with Crippen LogP contribution in [0.3, 0.4) is 0 Å². The molecule has 5 nitrogen and oxygen atoms in total. The Hall–Kier alpha value is -1.92. The number of ether oxygens (including phenoxy) is 1. The van der Waals surface area contributed by atoms with Crippen LogP contribution in [0, 0.1) is 6.92 Å². The number of nitrogens with zero attached hydrogens (tertiary/aromatic N) is 2. The van der Waals surface area contributed by atoms with E-state index in [9.17, 15) is 4.79 Å². The van der Waals surface area contributed by atoms with Gasteiger partial charge in [0.25, 0.3) is 0 Å². The Morgan fingerprint density at radius 2 is 2.26 bits per heavy atom. The molecule has 2 aromatic heterocycles. The molecule has 3 heterocycles. The van der Waals surface area contributed by atoms with Crippen LogP contribution < -0.4 is 4.74 Å². The Labute approximate surface area is 139 Å². The maximum Gasteiger partial charge on any atom is 0.345 e. The number of aromatic carboxylic acids is 1. The van der Waals surface area contributed by atoms with Crippen molar-refractivity contribution in [1.29, 1.82) is 0 Å². The first kappa shape index (κ1) is 16.0. The van der Waals surface area contributed by atoms with Gasteiger partial charge in [0, 0.05) is 23.2 Å². The van der Waals surface area contributed by atoms with Crippen LogP contribution in [0.4, 0.5) is 0 Å². The molecule has 0 aliphatic carbocycles.